The Morgan fingerprint density at radius 1 is 1.20 bits per heavy atom. The molecule has 0 fully saturated rings. The average Bonchev–Trinajstić information content (AvgIpc) is 2.38. The van der Waals surface area contributed by atoms with E-state index in [1.807, 2.05) is 13.8 Å². The van der Waals surface area contributed by atoms with Crippen molar-refractivity contribution in [2.75, 3.05) is 0 Å². The molecule has 20 heavy (non-hydrogen) atoms. The number of rotatable bonds is 7. The molecule has 110 valence electrons. The van der Waals surface area contributed by atoms with Gasteiger partial charge in [0, 0.05) is 18.1 Å². The van der Waals surface area contributed by atoms with Crippen LogP contribution in [0.25, 0.3) is 0 Å². The molecule has 0 aromatic heterocycles. The quantitative estimate of drug-likeness (QED) is 0.404. The largest absolute Gasteiger partial charge is 0.507 e. The zero-order chi connectivity index (χ0) is 15.1. The molecule has 0 unspecified atom stereocenters. The number of ketones is 1. The third kappa shape index (κ3) is 3.76. The number of hydrogen-bond donors (Lipinski definition) is 3. The Hall–Kier alpha value is -1.97. The second-order valence-electron chi connectivity index (χ2n) is 4.77. The molecule has 0 aliphatic heterocycles. The Kier molecular flexibility index (Phi) is 6.10. The molecule has 0 heterocycles. The van der Waals surface area contributed by atoms with Gasteiger partial charge in [-0.1, -0.05) is 31.9 Å². The molecule has 1 aromatic carbocycles. The fraction of sp³-hybridized carbons (Fsp3) is 0.438. The Morgan fingerprint density at radius 3 is 2.50 bits per heavy atom. The summed E-state index contributed by atoms with van der Waals surface area (Å²) in [5.41, 5.74) is 0.179. The number of benzene rings is 1. The van der Waals surface area contributed by atoms with Crippen molar-refractivity contribution in [2.24, 2.45) is 0 Å². The summed E-state index contributed by atoms with van der Waals surface area (Å²) in [6.45, 7) is 3.86. The molecule has 0 aliphatic carbocycles. The SMILES string of the molecule is CC=CCc1c(O)cc(O)c(C(=O)CCCCC)c1O. The molecule has 4 heteroatoms. The van der Waals surface area contributed by atoms with Crippen LogP contribution in [-0.4, -0.2) is 21.1 Å². The summed E-state index contributed by atoms with van der Waals surface area (Å²) < 4.78 is 0. The lowest BCUT2D eigenvalue weighted by Crippen LogP contribution is -2.02. The number of allylic oxidation sites excluding steroid dienone is 2. The van der Waals surface area contributed by atoms with Crippen LogP contribution in [0.5, 0.6) is 17.2 Å². The molecule has 3 N–H and O–H groups in total. The predicted octanol–water partition coefficient (Wildman–Crippen LogP) is 3.69. The number of phenols is 3. The van der Waals surface area contributed by atoms with Crippen LogP contribution in [0.3, 0.4) is 0 Å². The molecule has 0 radical (unpaired) electrons. The number of carbonyl (C=O) groups is 1. The molecule has 1 aromatic rings. The van der Waals surface area contributed by atoms with E-state index in [-0.39, 0.29) is 40.6 Å². The van der Waals surface area contributed by atoms with Gasteiger partial charge in [0.15, 0.2) is 5.78 Å². The summed E-state index contributed by atoms with van der Waals surface area (Å²) in [5.74, 6) is -1.19. The lowest BCUT2D eigenvalue weighted by molar-refractivity contribution is 0.0973. The van der Waals surface area contributed by atoms with Crippen LogP contribution in [0.2, 0.25) is 0 Å². The number of unbranched alkanes of at least 4 members (excludes halogenated alkanes) is 2. The molecule has 0 aliphatic rings. The van der Waals surface area contributed by atoms with Gasteiger partial charge in [-0.3, -0.25) is 4.79 Å². The maximum absolute atomic E-state index is 12.1. The van der Waals surface area contributed by atoms with E-state index < -0.39 is 0 Å². The highest BCUT2D eigenvalue weighted by atomic mass is 16.3. The van der Waals surface area contributed by atoms with Gasteiger partial charge in [-0.15, -0.1) is 0 Å². The monoisotopic (exact) mass is 278 g/mol. The van der Waals surface area contributed by atoms with Gasteiger partial charge in [0.25, 0.3) is 0 Å². The van der Waals surface area contributed by atoms with Crippen molar-refractivity contribution in [3.8, 4) is 17.2 Å². The summed E-state index contributed by atoms with van der Waals surface area (Å²) >= 11 is 0. The first kappa shape index (κ1) is 16.1. The molecule has 0 saturated carbocycles. The van der Waals surface area contributed by atoms with E-state index >= 15 is 0 Å². The van der Waals surface area contributed by atoms with E-state index in [0.29, 0.717) is 6.42 Å². The highest BCUT2D eigenvalue weighted by molar-refractivity contribution is 6.01. The van der Waals surface area contributed by atoms with Crippen LogP contribution in [0.15, 0.2) is 18.2 Å². The number of carbonyl (C=O) groups excluding carboxylic acids is 1. The minimum atomic E-state index is -0.370. The van der Waals surface area contributed by atoms with Crippen LogP contribution in [-0.2, 0) is 6.42 Å². The zero-order valence-corrected chi connectivity index (χ0v) is 12.0. The number of Topliss-reactive ketones (excluding diaryl/α,β-unsaturated/α-hetero) is 1. The minimum absolute atomic E-state index is 0.0848. The van der Waals surface area contributed by atoms with Gasteiger partial charge in [0.2, 0.25) is 0 Å². The second kappa shape index (κ2) is 7.58. The van der Waals surface area contributed by atoms with Gasteiger partial charge in [-0.25, -0.2) is 0 Å². The van der Waals surface area contributed by atoms with E-state index in [2.05, 4.69) is 0 Å². The first-order valence-corrected chi connectivity index (χ1v) is 6.94. The van der Waals surface area contributed by atoms with E-state index in [9.17, 15) is 20.1 Å². The molecule has 0 atom stereocenters. The lowest BCUT2D eigenvalue weighted by atomic mass is 9.97. The molecular weight excluding hydrogens is 256 g/mol. The molecule has 1 rings (SSSR count). The standard InChI is InChI=1S/C16H22O4/c1-3-5-7-9-12(17)15-14(19)10-13(18)11(16(15)20)8-6-4-2/h4,6,10,18-20H,3,5,7-9H2,1-2H3. The summed E-state index contributed by atoms with van der Waals surface area (Å²) in [6, 6.07) is 1.12. The maximum Gasteiger partial charge on any atom is 0.170 e. The lowest BCUT2D eigenvalue weighted by Gasteiger charge is -2.12. The Bertz CT molecular complexity index is 504. The molecule has 0 amide bonds. The molecule has 0 spiro atoms. The number of aromatic hydroxyl groups is 3. The maximum atomic E-state index is 12.1. The van der Waals surface area contributed by atoms with Crippen LogP contribution in [0.1, 0.15) is 55.5 Å². The average molecular weight is 278 g/mol. The van der Waals surface area contributed by atoms with Crippen molar-refractivity contribution in [2.45, 2.75) is 46.0 Å². The minimum Gasteiger partial charge on any atom is -0.507 e. The van der Waals surface area contributed by atoms with Crippen molar-refractivity contribution < 1.29 is 20.1 Å². The second-order valence-corrected chi connectivity index (χ2v) is 4.77. The van der Waals surface area contributed by atoms with Crippen molar-refractivity contribution in [3.05, 3.63) is 29.3 Å². The predicted molar refractivity (Wildman–Crippen MR) is 78.4 cm³/mol. The van der Waals surface area contributed by atoms with Crippen molar-refractivity contribution >= 4 is 5.78 Å². The van der Waals surface area contributed by atoms with Gasteiger partial charge in [-0.05, 0) is 19.8 Å². The first-order valence-electron chi connectivity index (χ1n) is 6.94. The molecular formula is C16H22O4. The normalized spacial score (nSPS) is 11.1. The fourth-order valence-electron chi connectivity index (χ4n) is 2.05. The van der Waals surface area contributed by atoms with Gasteiger partial charge in [0.05, 0.1) is 0 Å². The zero-order valence-electron chi connectivity index (χ0n) is 12.0. The Balaban J connectivity index is 3.09. The van der Waals surface area contributed by atoms with Crippen molar-refractivity contribution in [1.29, 1.82) is 0 Å². The first-order chi connectivity index (χ1) is 9.52. The van der Waals surface area contributed by atoms with E-state index in [1.165, 1.54) is 0 Å². The number of hydrogen-bond acceptors (Lipinski definition) is 4. The van der Waals surface area contributed by atoms with Crippen LogP contribution < -0.4 is 0 Å². The van der Waals surface area contributed by atoms with E-state index in [1.54, 1.807) is 12.2 Å². The van der Waals surface area contributed by atoms with Crippen LogP contribution >= 0.6 is 0 Å². The van der Waals surface area contributed by atoms with Crippen molar-refractivity contribution in [3.63, 3.8) is 0 Å². The molecule has 0 saturated heterocycles. The summed E-state index contributed by atoms with van der Waals surface area (Å²) in [6.07, 6.45) is 6.78. The van der Waals surface area contributed by atoms with Crippen LogP contribution in [0.4, 0.5) is 0 Å². The van der Waals surface area contributed by atoms with E-state index in [0.717, 1.165) is 25.3 Å². The van der Waals surface area contributed by atoms with Gasteiger partial charge < -0.3 is 15.3 Å². The summed E-state index contributed by atoms with van der Waals surface area (Å²) in [5, 5.41) is 29.7. The number of phenolic OH excluding ortho intramolecular Hbond substituents is 3. The highest BCUT2D eigenvalue weighted by Crippen LogP contribution is 2.38. The summed E-state index contributed by atoms with van der Waals surface area (Å²) in [7, 11) is 0. The topological polar surface area (TPSA) is 77.8 Å². The van der Waals surface area contributed by atoms with E-state index in [4.69, 9.17) is 0 Å². The third-order valence-electron chi connectivity index (χ3n) is 3.21. The van der Waals surface area contributed by atoms with Gasteiger partial charge in [0.1, 0.15) is 22.8 Å². The van der Waals surface area contributed by atoms with Crippen LogP contribution in [0, 0.1) is 0 Å². The third-order valence-corrected chi connectivity index (χ3v) is 3.21. The van der Waals surface area contributed by atoms with Crippen molar-refractivity contribution in [1.82, 2.24) is 0 Å². The summed E-state index contributed by atoms with van der Waals surface area (Å²) in [4.78, 5) is 12.1. The van der Waals surface area contributed by atoms with Gasteiger partial charge >= 0.3 is 0 Å². The highest BCUT2D eigenvalue weighted by Gasteiger charge is 2.21. The fourth-order valence-corrected chi connectivity index (χ4v) is 2.05. The molecule has 0 bridgehead atoms. The Labute approximate surface area is 119 Å². The van der Waals surface area contributed by atoms with Gasteiger partial charge in [-0.2, -0.15) is 0 Å². The smallest absolute Gasteiger partial charge is 0.170 e. The molecule has 4 nitrogen and oxygen atoms in total. The Morgan fingerprint density at radius 2 is 1.90 bits per heavy atom.